The highest BCUT2D eigenvalue weighted by Gasteiger charge is 2.48. The Balaban J connectivity index is 2.92. The van der Waals surface area contributed by atoms with Gasteiger partial charge in [0, 0.05) is 0 Å². The molecule has 0 saturated carbocycles. The molecule has 1 rings (SSSR count). The van der Waals surface area contributed by atoms with Crippen LogP contribution in [0, 0.1) is 0 Å². The lowest BCUT2D eigenvalue weighted by Gasteiger charge is -2.30. The fourth-order valence-corrected chi connectivity index (χ4v) is 2.77. The fourth-order valence-electron chi connectivity index (χ4n) is 1.59. The first-order chi connectivity index (χ1) is 9.01. The minimum atomic E-state index is -1.32. The van der Waals surface area contributed by atoms with Crippen molar-refractivity contribution in [3.8, 4) is 0 Å². The summed E-state index contributed by atoms with van der Waals surface area (Å²) in [7, 11) is 0. The highest BCUT2D eigenvalue weighted by Crippen LogP contribution is 2.50. The summed E-state index contributed by atoms with van der Waals surface area (Å²) in [6, 6.07) is 0. The van der Waals surface area contributed by atoms with Gasteiger partial charge in [0.15, 0.2) is 0 Å². The lowest BCUT2D eigenvalue weighted by atomic mass is 10.2. The third-order valence-electron chi connectivity index (χ3n) is 2.76. The zero-order valence-electron chi connectivity index (χ0n) is 11.1. The van der Waals surface area contributed by atoms with E-state index < -0.39 is 5.79 Å². The monoisotopic (exact) mass is 346 g/mol. The van der Waals surface area contributed by atoms with Crippen LogP contribution in [0.3, 0.4) is 0 Å². The predicted molar refractivity (Wildman–Crippen MR) is 81.9 cm³/mol. The van der Waals surface area contributed by atoms with Crippen molar-refractivity contribution in [1.29, 1.82) is 0 Å². The van der Waals surface area contributed by atoms with Crippen LogP contribution in [0.5, 0.6) is 0 Å². The molecule has 0 saturated heterocycles. The number of allylic oxidation sites excluding steroid dienone is 2. The Hall–Kier alpha value is 0.560. The van der Waals surface area contributed by atoms with E-state index in [1.54, 1.807) is 0 Å². The van der Waals surface area contributed by atoms with Gasteiger partial charge in [-0.15, -0.1) is 0 Å². The van der Waals surface area contributed by atoms with Gasteiger partial charge in [-0.25, -0.2) is 0 Å². The van der Waals surface area contributed by atoms with Crippen molar-refractivity contribution in [2.45, 2.75) is 45.3 Å². The SMILES string of the molecule is CCCCOC1(OCCCC)C(Cl)=C(Cl)C(Cl)=C1Cl. The van der Waals surface area contributed by atoms with E-state index in [4.69, 9.17) is 55.9 Å². The highest BCUT2D eigenvalue weighted by molar-refractivity contribution is 6.53. The standard InChI is InChI=1S/C13H18Cl4O2/c1-3-5-7-18-13(19-8-6-4-2)11(16)9(14)10(15)12(13)17/h3-8H2,1-2H3. The van der Waals surface area contributed by atoms with Gasteiger partial charge in [-0.1, -0.05) is 73.1 Å². The zero-order chi connectivity index (χ0) is 14.5. The van der Waals surface area contributed by atoms with E-state index in [-0.39, 0.29) is 20.1 Å². The highest BCUT2D eigenvalue weighted by atomic mass is 35.5. The average molecular weight is 348 g/mol. The van der Waals surface area contributed by atoms with E-state index in [9.17, 15) is 0 Å². The summed E-state index contributed by atoms with van der Waals surface area (Å²) in [5, 5.41) is 0.801. The Bertz CT molecular complexity index is 341. The Morgan fingerprint density at radius 1 is 0.789 bits per heavy atom. The van der Waals surface area contributed by atoms with Gasteiger partial charge in [0.05, 0.1) is 23.3 Å². The summed E-state index contributed by atoms with van der Waals surface area (Å²) in [6.07, 6.45) is 3.75. The molecule has 0 heterocycles. The molecule has 1 aliphatic carbocycles. The molecule has 0 aromatic heterocycles. The van der Waals surface area contributed by atoms with Crippen molar-refractivity contribution in [2.24, 2.45) is 0 Å². The van der Waals surface area contributed by atoms with E-state index in [1.807, 2.05) is 0 Å². The Morgan fingerprint density at radius 3 is 1.47 bits per heavy atom. The molecule has 6 heteroatoms. The second-order valence-corrected chi connectivity index (χ2v) is 5.79. The molecule has 0 radical (unpaired) electrons. The van der Waals surface area contributed by atoms with Crippen LogP contribution in [-0.2, 0) is 9.47 Å². The zero-order valence-corrected chi connectivity index (χ0v) is 14.1. The van der Waals surface area contributed by atoms with Gasteiger partial charge in [0.2, 0.25) is 5.79 Å². The first kappa shape index (κ1) is 17.6. The summed E-state index contributed by atoms with van der Waals surface area (Å²) >= 11 is 24.5. The first-order valence-corrected chi connectivity index (χ1v) is 7.92. The van der Waals surface area contributed by atoms with Gasteiger partial charge in [-0.2, -0.15) is 0 Å². The van der Waals surface area contributed by atoms with E-state index in [0.717, 1.165) is 25.7 Å². The number of rotatable bonds is 8. The molecule has 0 atom stereocenters. The largest absolute Gasteiger partial charge is 0.341 e. The number of unbranched alkanes of at least 4 members (excludes halogenated alkanes) is 2. The van der Waals surface area contributed by atoms with Crippen LogP contribution in [-0.4, -0.2) is 19.0 Å². The molecule has 0 unspecified atom stereocenters. The van der Waals surface area contributed by atoms with Gasteiger partial charge >= 0.3 is 0 Å². The predicted octanol–water partition coefficient (Wildman–Crippen LogP) is 5.71. The van der Waals surface area contributed by atoms with Crippen molar-refractivity contribution in [2.75, 3.05) is 13.2 Å². The summed E-state index contributed by atoms with van der Waals surface area (Å²) in [4.78, 5) is 0. The number of halogens is 4. The van der Waals surface area contributed by atoms with Crippen LogP contribution in [0.25, 0.3) is 0 Å². The van der Waals surface area contributed by atoms with Gasteiger partial charge in [0.1, 0.15) is 10.1 Å². The molecule has 2 nitrogen and oxygen atoms in total. The van der Waals surface area contributed by atoms with E-state index in [2.05, 4.69) is 13.8 Å². The van der Waals surface area contributed by atoms with Crippen molar-refractivity contribution < 1.29 is 9.47 Å². The van der Waals surface area contributed by atoms with Crippen molar-refractivity contribution in [3.05, 3.63) is 20.1 Å². The number of ether oxygens (including phenoxy) is 2. The topological polar surface area (TPSA) is 18.5 Å². The maximum Gasteiger partial charge on any atom is 0.247 e. The van der Waals surface area contributed by atoms with Gasteiger partial charge in [-0.05, 0) is 12.8 Å². The van der Waals surface area contributed by atoms with Crippen LogP contribution < -0.4 is 0 Å². The van der Waals surface area contributed by atoms with E-state index in [1.165, 1.54) is 0 Å². The van der Waals surface area contributed by atoms with E-state index >= 15 is 0 Å². The maximum absolute atomic E-state index is 6.22. The molecule has 0 aromatic carbocycles. The minimum absolute atomic E-state index is 0.196. The number of hydrogen-bond acceptors (Lipinski definition) is 2. The van der Waals surface area contributed by atoms with Crippen LogP contribution in [0.4, 0.5) is 0 Å². The average Bonchev–Trinajstić information content (AvgIpc) is 2.56. The van der Waals surface area contributed by atoms with Crippen molar-refractivity contribution >= 4 is 46.4 Å². The molecule has 0 bridgehead atoms. The quantitative estimate of drug-likeness (QED) is 0.413. The third-order valence-corrected chi connectivity index (χ3v) is 4.68. The van der Waals surface area contributed by atoms with Gasteiger partial charge in [-0.3, -0.25) is 0 Å². The van der Waals surface area contributed by atoms with Crippen molar-refractivity contribution in [1.82, 2.24) is 0 Å². The van der Waals surface area contributed by atoms with Crippen LogP contribution in [0.1, 0.15) is 39.5 Å². The molecule has 19 heavy (non-hydrogen) atoms. The molecule has 1 aliphatic rings. The Labute approximate surface area is 134 Å². The molecule has 0 aliphatic heterocycles. The molecule has 0 fully saturated rings. The first-order valence-electron chi connectivity index (χ1n) is 6.41. The summed E-state index contributed by atoms with van der Waals surface area (Å²) in [5.41, 5.74) is 0. The second-order valence-electron chi connectivity index (χ2n) is 4.28. The van der Waals surface area contributed by atoms with Gasteiger partial charge < -0.3 is 9.47 Å². The van der Waals surface area contributed by atoms with E-state index in [0.29, 0.717) is 13.2 Å². The minimum Gasteiger partial charge on any atom is -0.341 e. The second kappa shape index (κ2) is 8.11. The molecular formula is C13H18Cl4O2. The molecule has 0 spiro atoms. The third kappa shape index (κ3) is 3.81. The maximum atomic E-state index is 6.22. The van der Waals surface area contributed by atoms with Crippen molar-refractivity contribution in [3.63, 3.8) is 0 Å². The Kier molecular flexibility index (Phi) is 7.52. The molecule has 110 valence electrons. The molecule has 0 N–H and O–H groups in total. The van der Waals surface area contributed by atoms with Crippen LogP contribution in [0.15, 0.2) is 20.1 Å². The number of hydrogen-bond donors (Lipinski definition) is 0. The molecule has 0 amide bonds. The molecule has 0 aromatic rings. The normalized spacial score (nSPS) is 18.6. The lowest BCUT2D eigenvalue weighted by molar-refractivity contribution is -0.177. The molecular weight excluding hydrogens is 330 g/mol. The fraction of sp³-hybridized carbons (Fsp3) is 0.692. The smallest absolute Gasteiger partial charge is 0.247 e. The van der Waals surface area contributed by atoms with Gasteiger partial charge in [0.25, 0.3) is 0 Å². The van der Waals surface area contributed by atoms with Crippen LogP contribution >= 0.6 is 46.4 Å². The summed E-state index contributed by atoms with van der Waals surface area (Å²) < 4.78 is 11.5. The summed E-state index contributed by atoms with van der Waals surface area (Å²) in [5.74, 6) is -1.32. The van der Waals surface area contributed by atoms with Crippen LogP contribution in [0.2, 0.25) is 0 Å². The Morgan fingerprint density at radius 2 is 1.16 bits per heavy atom. The lowest BCUT2D eigenvalue weighted by Crippen LogP contribution is -2.36. The summed E-state index contributed by atoms with van der Waals surface area (Å²) in [6.45, 7) is 5.09.